The van der Waals surface area contributed by atoms with Gasteiger partial charge in [0.15, 0.2) is 0 Å². The molecule has 0 unspecified atom stereocenters. The van der Waals surface area contributed by atoms with Crippen LogP contribution < -0.4 is 4.74 Å². The second-order valence-corrected chi connectivity index (χ2v) is 2.85. The number of hydrogen-bond acceptors (Lipinski definition) is 3. The number of alkyl halides is 3. The molecule has 0 aromatic carbocycles. The zero-order valence-corrected chi connectivity index (χ0v) is 7.79. The van der Waals surface area contributed by atoms with Gasteiger partial charge in [0.05, 0.1) is 25.3 Å². The highest BCUT2D eigenvalue weighted by Crippen LogP contribution is 2.20. The third-order valence-electron chi connectivity index (χ3n) is 1.60. The summed E-state index contributed by atoms with van der Waals surface area (Å²) in [5, 5.41) is 8.72. The van der Waals surface area contributed by atoms with E-state index in [0.717, 1.165) is 0 Å². The number of aromatic nitrogens is 1. The summed E-state index contributed by atoms with van der Waals surface area (Å²) in [5.74, 6) is 0.276. The van der Waals surface area contributed by atoms with Crippen LogP contribution in [0.2, 0.25) is 0 Å². The second-order valence-electron chi connectivity index (χ2n) is 2.85. The third kappa shape index (κ3) is 4.64. The van der Waals surface area contributed by atoms with Crippen molar-refractivity contribution in [1.29, 1.82) is 0 Å². The van der Waals surface area contributed by atoms with Crippen molar-refractivity contribution in [2.24, 2.45) is 0 Å². The van der Waals surface area contributed by atoms with E-state index in [4.69, 9.17) is 9.84 Å². The van der Waals surface area contributed by atoms with Gasteiger partial charge in [0.25, 0.3) is 0 Å². The van der Waals surface area contributed by atoms with Gasteiger partial charge in [-0.15, -0.1) is 0 Å². The van der Waals surface area contributed by atoms with Crippen LogP contribution in [0.15, 0.2) is 18.3 Å². The van der Waals surface area contributed by atoms with Crippen molar-refractivity contribution in [3.05, 3.63) is 24.0 Å². The molecule has 1 N–H and O–H groups in total. The summed E-state index contributed by atoms with van der Waals surface area (Å²) in [5.41, 5.74) is 0.361. The largest absolute Gasteiger partial charge is 0.493 e. The van der Waals surface area contributed by atoms with Gasteiger partial charge in [0, 0.05) is 12.3 Å². The predicted molar refractivity (Wildman–Crippen MR) is 46.3 cm³/mol. The minimum absolute atomic E-state index is 0.267. The van der Waals surface area contributed by atoms with Crippen LogP contribution in [-0.2, 0) is 6.61 Å². The van der Waals surface area contributed by atoms with E-state index in [1.165, 1.54) is 18.3 Å². The quantitative estimate of drug-likeness (QED) is 0.844. The highest BCUT2D eigenvalue weighted by molar-refractivity contribution is 5.22. The average molecular weight is 221 g/mol. The van der Waals surface area contributed by atoms with Crippen molar-refractivity contribution in [2.45, 2.75) is 19.2 Å². The average Bonchev–Trinajstić information content (AvgIpc) is 2.16. The predicted octanol–water partition coefficient (Wildman–Crippen LogP) is 1.91. The molecule has 1 aromatic heterocycles. The number of halogens is 3. The maximum atomic E-state index is 11.8. The van der Waals surface area contributed by atoms with E-state index >= 15 is 0 Å². The summed E-state index contributed by atoms with van der Waals surface area (Å²) in [6.45, 7) is -0.700. The van der Waals surface area contributed by atoms with E-state index in [0.29, 0.717) is 5.69 Å². The van der Waals surface area contributed by atoms with Gasteiger partial charge in [-0.2, -0.15) is 13.2 Å². The highest BCUT2D eigenvalue weighted by atomic mass is 19.4. The van der Waals surface area contributed by atoms with Crippen LogP contribution in [0.3, 0.4) is 0 Å². The molecular weight excluding hydrogens is 211 g/mol. The lowest BCUT2D eigenvalue weighted by atomic mass is 10.3. The van der Waals surface area contributed by atoms with Gasteiger partial charge in [-0.25, -0.2) is 0 Å². The second kappa shape index (κ2) is 4.97. The Morgan fingerprint density at radius 2 is 2.13 bits per heavy atom. The third-order valence-corrected chi connectivity index (χ3v) is 1.60. The van der Waals surface area contributed by atoms with Crippen molar-refractivity contribution in [3.8, 4) is 5.75 Å². The first-order valence-corrected chi connectivity index (χ1v) is 4.26. The van der Waals surface area contributed by atoms with E-state index in [1.807, 2.05) is 0 Å². The summed E-state index contributed by atoms with van der Waals surface area (Å²) < 4.78 is 40.2. The first-order valence-electron chi connectivity index (χ1n) is 4.26. The molecule has 0 bridgehead atoms. The fraction of sp³-hybridized carbons (Fsp3) is 0.444. The molecule has 3 nitrogen and oxygen atoms in total. The van der Waals surface area contributed by atoms with Crippen LogP contribution in [-0.4, -0.2) is 22.9 Å². The summed E-state index contributed by atoms with van der Waals surface area (Å²) in [7, 11) is 0. The van der Waals surface area contributed by atoms with Crippen molar-refractivity contribution >= 4 is 0 Å². The van der Waals surface area contributed by atoms with Gasteiger partial charge in [0.2, 0.25) is 0 Å². The molecule has 0 aliphatic heterocycles. The van der Waals surface area contributed by atoms with E-state index in [-0.39, 0.29) is 12.4 Å². The minimum atomic E-state index is -4.22. The number of aliphatic hydroxyl groups excluding tert-OH is 1. The first-order chi connectivity index (χ1) is 7.01. The van der Waals surface area contributed by atoms with Gasteiger partial charge in [-0.05, 0) is 6.07 Å². The Bertz CT molecular complexity index is 314. The molecule has 0 aliphatic rings. The molecule has 0 saturated carbocycles. The van der Waals surface area contributed by atoms with E-state index in [2.05, 4.69) is 4.98 Å². The van der Waals surface area contributed by atoms with Gasteiger partial charge < -0.3 is 9.84 Å². The van der Waals surface area contributed by atoms with Crippen LogP contribution in [0.5, 0.6) is 5.75 Å². The number of pyridine rings is 1. The van der Waals surface area contributed by atoms with Crippen LogP contribution in [0, 0.1) is 0 Å². The molecule has 1 aromatic rings. The molecule has 0 aliphatic carbocycles. The fourth-order valence-corrected chi connectivity index (χ4v) is 0.917. The van der Waals surface area contributed by atoms with E-state index in [1.54, 1.807) is 0 Å². The minimum Gasteiger partial charge on any atom is -0.493 e. The molecule has 1 heterocycles. The van der Waals surface area contributed by atoms with E-state index in [9.17, 15) is 13.2 Å². The van der Waals surface area contributed by atoms with Crippen LogP contribution in [0.25, 0.3) is 0 Å². The zero-order valence-electron chi connectivity index (χ0n) is 7.79. The first kappa shape index (κ1) is 11.8. The summed E-state index contributed by atoms with van der Waals surface area (Å²) in [6, 6.07) is 2.84. The Labute approximate surface area is 84.5 Å². The van der Waals surface area contributed by atoms with Crippen LogP contribution in [0.1, 0.15) is 12.1 Å². The molecule has 0 amide bonds. The smallest absolute Gasteiger partial charge is 0.392 e. The Balaban J connectivity index is 2.44. The Hall–Kier alpha value is -1.30. The maximum absolute atomic E-state index is 11.8. The molecule has 15 heavy (non-hydrogen) atoms. The molecule has 0 radical (unpaired) electrons. The molecule has 0 saturated heterocycles. The summed E-state index contributed by atoms with van der Waals surface area (Å²) in [6.07, 6.45) is -3.84. The number of aliphatic hydroxyl groups is 1. The normalized spacial score (nSPS) is 11.5. The molecular formula is C9H10F3NO2. The Morgan fingerprint density at radius 3 is 2.73 bits per heavy atom. The molecule has 0 fully saturated rings. The van der Waals surface area contributed by atoms with Crippen LogP contribution >= 0.6 is 0 Å². The van der Waals surface area contributed by atoms with E-state index < -0.39 is 19.2 Å². The fourth-order valence-electron chi connectivity index (χ4n) is 0.917. The SMILES string of the molecule is OCc1cc(OCCC(F)(F)F)ccn1. The molecule has 0 atom stereocenters. The lowest BCUT2D eigenvalue weighted by Crippen LogP contribution is -2.13. The van der Waals surface area contributed by atoms with Gasteiger partial charge >= 0.3 is 6.18 Å². The standard InChI is InChI=1S/C9H10F3NO2/c10-9(11,12)2-4-15-8-1-3-13-7(5-8)6-14/h1,3,5,14H,2,4,6H2. The molecule has 84 valence electrons. The molecule has 6 heteroatoms. The van der Waals surface area contributed by atoms with Gasteiger partial charge in [0.1, 0.15) is 5.75 Å². The number of hydrogen-bond donors (Lipinski definition) is 1. The molecule has 1 rings (SSSR count). The summed E-state index contributed by atoms with van der Waals surface area (Å²) in [4.78, 5) is 3.76. The number of ether oxygens (including phenoxy) is 1. The van der Waals surface area contributed by atoms with Crippen molar-refractivity contribution < 1.29 is 23.0 Å². The maximum Gasteiger partial charge on any atom is 0.392 e. The van der Waals surface area contributed by atoms with Gasteiger partial charge in [-0.1, -0.05) is 0 Å². The Kier molecular flexibility index (Phi) is 3.90. The van der Waals surface area contributed by atoms with Gasteiger partial charge in [-0.3, -0.25) is 4.98 Å². The van der Waals surface area contributed by atoms with Crippen molar-refractivity contribution in [3.63, 3.8) is 0 Å². The highest BCUT2D eigenvalue weighted by Gasteiger charge is 2.26. The van der Waals surface area contributed by atoms with Crippen LogP contribution in [0.4, 0.5) is 13.2 Å². The lowest BCUT2D eigenvalue weighted by Gasteiger charge is -2.08. The monoisotopic (exact) mass is 221 g/mol. The zero-order chi connectivity index (χ0) is 11.3. The number of nitrogens with zero attached hydrogens (tertiary/aromatic N) is 1. The van der Waals surface area contributed by atoms with Crippen molar-refractivity contribution in [1.82, 2.24) is 4.98 Å². The molecule has 0 spiro atoms. The number of rotatable bonds is 4. The summed E-state index contributed by atoms with van der Waals surface area (Å²) >= 11 is 0. The Morgan fingerprint density at radius 1 is 1.40 bits per heavy atom. The lowest BCUT2D eigenvalue weighted by molar-refractivity contribution is -0.139. The topological polar surface area (TPSA) is 42.4 Å². The van der Waals surface area contributed by atoms with Crippen molar-refractivity contribution in [2.75, 3.05) is 6.61 Å².